The van der Waals surface area contributed by atoms with Gasteiger partial charge in [-0.2, -0.15) is 5.10 Å². The maximum absolute atomic E-state index is 12.5. The first-order chi connectivity index (χ1) is 12.1. The molecule has 0 bridgehead atoms. The number of rotatable bonds is 6. The zero-order valence-electron chi connectivity index (χ0n) is 13.6. The lowest BCUT2D eigenvalue weighted by Crippen LogP contribution is -2.30. The highest BCUT2D eigenvalue weighted by Crippen LogP contribution is 2.20. The van der Waals surface area contributed by atoms with Crippen LogP contribution in [0.2, 0.25) is 5.02 Å². The minimum Gasteiger partial charge on any atom is -0.481 e. The van der Waals surface area contributed by atoms with Gasteiger partial charge in [-0.05, 0) is 36.8 Å². The number of hydrogen-bond acceptors (Lipinski definition) is 4. The van der Waals surface area contributed by atoms with Crippen molar-refractivity contribution in [3.63, 3.8) is 0 Å². The standard InChI is InChI=1S/C18H17ClN4O2/c1-13(25-16-7-4-6-15(19)9-16)18(24)22-17-8-3-2-5-14(17)10-23-12-20-11-21-23/h2-9,11-13H,10H2,1H3,(H,22,24)/t13-/m1/s1. The number of amides is 1. The summed E-state index contributed by atoms with van der Waals surface area (Å²) in [5.74, 6) is 0.303. The first-order valence-corrected chi connectivity index (χ1v) is 8.13. The van der Waals surface area contributed by atoms with Gasteiger partial charge in [0, 0.05) is 10.7 Å². The number of anilines is 1. The van der Waals surface area contributed by atoms with Gasteiger partial charge >= 0.3 is 0 Å². The Balaban J connectivity index is 1.68. The fourth-order valence-corrected chi connectivity index (χ4v) is 2.48. The number of para-hydroxylation sites is 1. The topological polar surface area (TPSA) is 69.0 Å². The Morgan fingerprint density at radius 2 is 2.12 bits per heavy atom. The number of benzene rings is 2. The number of ether oxygens (including phenoxy) is 1. The Kier molecular flexibility index (Phi) is 5.30. The van der Waals surface area contributed by atoms with Crippen LogP contribution in [0.15, 0.2) is 61.2 Å². The Bertz CT molecular complexity index is 852. The van der Waals surface area contributed by atoms with E-state index in [1.54, 1.807) is 42.2 Å². The lowest BCUT2D eigenvalue weighted by Gasteiger charge is -2.16. The number of hydrogen-bond donors (Lipinski definition) is 1. The highest BCUT2D eigenvalue weighted by molar-refractivity contribution is 6.30. The SMILES string of the molecule is C[C@@H](Oc1cccc(Cl)c1)C(=O)Nc1ccccc1Cn1cncn1. The van der Waals surface area contributed by atoms with Crippen LogP contribution in [0.5, 0.6) is 5.75 Å². The summed E-state index contributed by atoms with van der Waals surface area (Å²) in [6.45, 7) is 2.20. The maximum Gasteiger partial charge on any atom is 0.265 e. The molecule has 25 heavy (non-hydrogen) atoms. The Hall–Kier alpha value is -2.86. The van der Waals surface area contributed by atoms with Gasteiger partial charge in [-0.1, -0.05) is 35.9 Å². The van der Waals surface area contributed by atoms with Crippen molar-refractivity contribution in [1.29, 1.82) is 0 Å². The average Bonchev–Trinajstić information content (AvgIpc) is 3.09. The predicted molar refractivity (Wildman–Crippen MR) is 95.7 cm³/mol. The second-order valence-corrected chi connectivity index (χ2v) is 5.89. The summed E-state index contributed by atoms with van der Waals surface area (Å²) in [5, 5.41) is 7.54. The van der Waals surface area contributed by atoms with Gasteiger partial charge in [0.1, 0.15) is 18.4 Å². The summed E-state index contributed by atoms with van der Waals surface area (Å²) in [6, 6.07) is 14.5. The Morgan fingerprint density at radius 1 is 1.28 bits per heavy atom. The molecule has 1 N–H and O–H groups in total. The number of aromatic nitrogens is 3. The molecule has 3 aromatic rings. The number of halogens is 1. The second kappa shape index (κ2) is 7.81. The molecule has 0 saturated heterocycles. The van der Waals surface area contributed by atoms with E-state index in [-0.39, 0.29) is 5.91 Å². The Labute approximate surface area is 150 Å². The molecule has 7 heteroatoms. The van der Waals surface area contributed by atoms with Crippen LogP contribution in [0.3, 0.4) is 0 Å². The van der Waals surface area contributed by atoms with Crippen molar-refractivity contribution in [2.24, 2.45) is 0 Å². The molecule has 128 valence electrons. The first kappa shape index (κ1) is 17.0. The average molecular weight is 357 g/mol. The number of carbonyl (C=O) groups excluding carboxylic acids is 1. The molecule has 6 nitrogen and oxygen atoms in total. The zero-order valence-corrected chi connectivity index (χ0v) is 14.3. The molecule has 0 aliphatic carbocycles. The summed E-state index contributed by atoms with van der Waals surface area (Å²) < 4.78 is 7.34. The minimum atomic E-state index is -0.669. The van der Waals surface area contributed by atoms with E-state index in [9.17, 15) is 4.79 Å². The lowest BCUT2D eigenvalue weighted by molar-refractivity contribution is -0.122. The summed E-state index contributed by atoms with van der Waals surface area (Å²) in [4.78, 5) is 16.4. The van der Waals surface area contributed by atoms with Crippen LogP contribution in [0, 0.1) is 0 Å². The van der Waals surface area contributed by atoms with Crippen LogP contribution in [-0.4, -0.2) is 26.8 Å². The largest absolute Gasteiger partial charge is 0.481 e. The Morgan fingerprint density at radius 3 is 2.88 bits per heavy atom. The molecule has 0 saturated carbocycles. The van der Waals surface area contributed by atoms with Crippen molar-refractivity contribution in [2.75, 3.05) is 5.32 Å². The van der Waals surface area contributed by atoms with Crippen LogP contribution in [0.25, 0.3) is 0 Å². The third-order valence-corrected chi connectivity index (χ3v) is 3.79. The van der Waals surface area contributed by atoms with Crippen molar-refractivity contribution < 1.29 is 9.53 Å². The predicted octanol–water partition coefficient (Wildman–Crippen LogP) is 3.39. The van der Waals surface area contributed by atoms with Crippen LogP contribution in [0.4, 0.5) is 5.69 Å². The molecule has 1 aromatic heterocycles. The van der Waals surface area contributed by atoms with Gasteiger partial charge in [-0.25, -0.2) is 9.67 Å². The lowest BCUT2D eigenvalue weighted by atomic mass is 10.1. The summed E-state index contributed by atoms with van der Waals surface area (Å²) >= 11 is 5.93. The van der Waals surface area contributed by atoms with Crippen molar-refractivity contribution in [1.82, 2.24) is 14.8 Å². The quantitative estimate of drug-likeness (QED) is 0.735. The fraction of sp³-hybridized carbons (Fsp3) is 0.167. The highest BCUT2D eigenvalue weighted by atomic mass is 35.5. The molecular formula is C18H17ClN4O2. The van der Waals surface area contributed by atoms with E-state index in [1.165, 1.54) is 6.33 Å². The van der Waals surface area contributed by atoms with Crippen molar-refractivity contribution in [3.05, 3.63) is 71.8 Å². The summed E-state index contributed by atoms with van der Waals surface area (Å²) in [5.41, 5.74) is 1.64. The molecule has 1 amide bonds. The summed E-state index contributed by atoms with van der Waals surface area (Å²) in [7, 11) is 0. The number of nitrogens with one attached hydrogen (secondary N) is 1. The molecular weight excluding hydrogens is 340 g/mol. The van der Waals surface area contributed by atoms with Crippen LogP contribution in [0.1, 0.15) is 12.5 Å². The number of nitrogens with zero attached hydrogens (tertiary/aromatic N) is 3. The molecule has 3 rings (SSSR count). The molecule has 0 aliphatic heterocycles. The van der Waals surface area contributed by atoms with E-state index in [1.807, 2.05) is 24.3 Å². The minimum absolute atomic E-state index is 0.244. The second-order valence-electron chi connectivity index (χ2n) is 5.46. The highest BCUT2D eigenvalue weighted by Gasteiger charge is 2.16. The van der Waals surface area contributed by atoms with Crippen molar-refractivity contribution in [3.8, 4) is 5.75 Å². The van der Waals surface area contributed by atoms with Crippen LogP contribution < -0.4 is 10.1 Å². The van der Waals surface area contributed by atoms with Gasteiger partial charge in [0.25, 0.3) is 5.91 Å². The van der Waals surface area contributed by atoms with Crippen molar-refractivity contribution >= 4 is 23.2 Å². The van der Waals surface area contributed by atoms with E-state index in [0.29, 0.717) is 23.0 Å². The van der Waals surface area contributed by atoms with Crippen molar-refractivity contribution in [2.45, 2.75) is 19.6 Å². The smallest absolute Gasteiger partial charge is 0.265 e. The molecule has 2 aromatic carbocycles. The summed E-state index contributed by atoms with van der Waals surface area (Å²) in [6.07, 6.45) is 2.43. The van der Waals surface area contributed by atoms with Crippen LogP contribution in [-0.2, 0) is 11.3 Å². The molecule has 0 fully saturated rings. The first-order valence-electron chi connectivity index (χ1n) is 7.75. The van der Waals surface area contributed by atoms with E-state index >= 15 is 0 Å². The van der Waals surface area contributed by atoms with E-state index in [2.05, 4.69) is 15.4 Å². The molecule has 0 spiro atoms. The van der Waals surface area contributed by atoms with E-state index < -0.39 is 6.10 Å². The maximum atomic E-state index is 12.5. The van der Waals surface area contributed by atoms with E-state index in [0.717, 1.165) is 5.56 Å². The molecule has 0 aliphatic rings. The van der Waals surface area contributed by atoms with Crippen LogP contribution >= 0.6 is 11.6 Å². The van der Waals surface area contributed by atoms with Gasteiger partial charge < -0.3 is 10.1 Å². The van der Waals surface area contributed by atoms with Gasteiger partial charge in [0.15, 0.2) is 6.10 Å². The zero-order chi connectivity index (χ0) is 17.6. The van der Waals surface area contributed by atoms with Gasteiger partial charge in [0.05, 0.1) is 6.54 Å². The van der Waals surface area contributed by atoms with Gasteiger partial charge in [-0.3, -0.25) is 4.79 Å². The molecule has 0 unspecified atom stereocenters. The van der Waals surface area contributed by atoms with Gasteiger partial charge in [-0.15, -0.1) is 0 Å². The number of carbonyl (C=O) groups is 1. The fourth-order valence-electron chi connectivity index (χ4n) is 2.30. The third-order valence-electron chi connectivity index (χ3n) is 3.55. The third kappa shape index (κ3) is 4.58. The van der Waals surface area contributed by atoms with Gasteiger partial charge in [0.2, 0.25) is 0 Å². The molecule has 0 radical (unpaired) electrons. The molecule has 1 heterocycles. The normalized spacial score (nSPS) is 11.8. The monoisotopic (exact) mass is 356 g/mol. The van der Waals surface area contributed by atoms with E-state index in [4.69, 9.17) is 16.3 Å². The molecule has 1 atom stereocenters.